The van der Waals surface area contributed by atoms with E-state index in [1.807, 2.05) is 37.3 Å². The Balaban J connectivity index is 1.86. The van der Waals surface area contributed by atoms with Gasteiger partial charge in [-0.05, 0) is 32.0 Å². The third kappa shape index (κ3) is 3.30. The predicted molar refractivity (Wildman–Crippen MR) is 91.9 cm³/mol. The van der Waals surface area contributed by atoms with Crippen molar-refractivity contribution in [2.24, 2.45) is 0 Å². The Labute approximate surface area is 143 Å². The average Bonchev–Trinajstić information content (AvgIpc) is 3.11. The molecular formula is C17H15ClN2O2S. The molecule has 0 bridgehead atoms. The molecule has 0 saturated carbocycles. The summed E-state index contributed by atoms with van der Waals surface area (Å²) in [5, 5.41) is 7.45. The van der Waals surface area contributed by atoms with Crippen LogP contribution >= 0.6 is 22.9 Å². The molecule has 1 aromatic carbocycles. The highest BCUT2D eigenvalue weighted by Gasteiger charge is 2.22. The first-order chi connectivity index (χ1) is 11.1. The van der Waals surface area contributed by atoms with Gasteiger partial charge in [-0.1, -0.05) is 35.0 Å². The van der Waals surface area contributed by atoms with E-state index in [2.05, 4.69) is 10.5 Å². The van der Waals surface area contributed by atoms with Crippen LogP contribution in [0.3, 0.4) is 0 Å². The van der Waals surface area contributed by atoms with Crippen molar-refractivity contribution in [2.75, 3.05) is 0 Å². The van der Waals surface area contributed by atoms with Gasteiger partial charge in [-0.2, -0.15) is 0 Å². The summed E-state index contributed by atoms with van der Waals surface area (Å²) >= 11 is 7.87. The fourth-order valence-corrected chi connectivity index (χ4v) is 3.37. The lowest BCUT2D eigenvalue weighted by Gasteiger charge is -2.05. The molecule has 0 spiro atoms. The van der Waals surface area contributed by atoms with Gasteiger partial charge in [0, 0.05) is 15.3 Å². The van der Waals surface area contributed by atoms with Crippen molar-refractivity contribution in [3.05, 3.63) is 62.5 Å². The van der Waals surface area contributed by atoms with Crippen LogP contribution in [-0.4, -0.2) is 11.1 Å². The van der Waals surface area contributed by atoms with Crippen molar-refractivity contribution in [3.8, 4) is 11.3 Å². The van der Waals surface area contributed by atoms with Crippen LogP contribution in [0.2, 0.25) is 5.02 Å². The van der Waals surface area contributed by atoms with Crippen LogP contribution < -0.4 is 5.32 Å². The van der Waals surface area contributed by atoms with Crippen LogP contribution in [0.25, 0.3) is 11.3 Å². The summed E-state index contributed by atoms with van der Waals surface area (Å²) in [6.07, 6.45) is 0. The minimum atomic E-state index is -0.218. The normalized spacial score (nSPS) is 10.7. The van der Waals surface area contributed by atoms with Crippen molar-refractivity contribution < 1.29 is 9.32 Å². The Bertz CT molecular complexity index is 854. The van der Waals surface area contributed by atoms with Crippen LogP contribution in [-0.2, 0) is 6.54 Å². The van der Waals surface area contributed by atoms with Crippen molar-refractivity contribution >= 4 is 28.8 Å². The van der Waals surface area contributed by atoms with Crippen LogP contribution in [0.4, 0.5) is 0 Å². The number of thiophene rings is 1. The lowest BCUT2D eigenvalue weighted by molar-refractivity contribution is 0.0950. The number of aryl methyl sites for hydroxylation is 2. The first kappa shape index (κ1) is 15.8. The smallest absolute Gasteiger partial charge is 0.257 e. The van der Waals surface area contributed by atoms with Crippen molar-refractivity contribution in [2.45, 2.75) is 20.4 Å². The molecule has 2 aromatic heterocycles. The largest absolute Gasteiger partial charge is 0.360 e. The van der Waals surface area contributed by atoms with E-state index in [0.29, 0.717) is 34.1 Å². The molecule has 118 valence electrons. The second-order valence-electron chi connectivity index (χ2n) is 5.14. The van der Waals surface area contributed by atoms with E-state index in [0.717, 1.165) is 4.88 Å². The lowest BCUT2D eigenvalue weighted by Crippen LogP contribution is -2.23. The zero-order valence-corrected chi connectivity index (χ0v) is 14.3. The second-order valence-corrected chi connectivity index (χ2v) is 6.92. The first-order valence-electron chi connectivity index (χ1n) is 7.11. The maximum absolute atomic E-state index is 12.6. The molecule has 0 atom stereocenters. The Morgan fingerprint density at radius 3 is 2.74 bits per heavy atom. The third-order valence-corrected chi connectivity index (χ3v) is 4.77. The molecule has 0 aliphatic rings. The van der Waals surface area contributed by atoms with E-state index >= 15 is 0 Å². The number of nitrogens with zero attached hydrogens (tertiary/aromatic N) is 1. The topological polar surface area (TPSA) is 55.1 Å². The Kier molecular flexibility index (Phi) is 4.50. The van der Waals surface area contributed by atoms with Crippen molar-refractivity contribution in [1.82, 2.24) is 10.5 Å². The molecular weight excluding hydrogens is 332 g/mol. The fourth-order valence-electron chi connectivity index (χ4n) is 2.31. The molecule has 6 heteroatoms. The monoisotopic (exact) mass is 346 g/mol. The van der Waals surface area contributed by atoms with Gasteiger partial charge in [-0.3, -0.25) is 4.79 Å². The number of aromatic nitrogens is 1. The Hall–Kier alpha value is -2.11. The Morgan fingerprint density at radius 1 is 1.26 bits per heavy atom. The van der Waals surface area contributed by atoms with Crippen LogP contribution in [0.15, 0.2) is 40.9 Å². The average molecular weight is 347 g/mol. The molecule has 1 amide bonds. The quantitative estimate of drug-likeness (QED) is 0.750. The number of halogens is 1. The highest BCUT2D eigenvalue weighted by molar-refractivity contribution is 7.11. The van der Waals surface area contributed by atoms with Gasteiger partial charge in [0.25, 0.3) is 5.91 Å². The van der Waals surface area contributed by atoms with Gasteiger partial charge in [0.2, 0.25) is 0 Å². The van der Waals surface area contributed by atoms with Crippen molar-refractivity contribution in [1.29, 1.82) is 0 Å². The Morgan fingerprint density at radius 2 is 2.04 bits per heavy atom. The highest BCUT2D eigenvalue weighted by atomic mass is 35.5. The number of nitrogens with one attached hydrogen (secondary N) is 1. The second kappa shape index (κ2) is 6.56. The molecule has 0 unspecified atom stereocenters. The minimum absolute atomic E-state index is 0.218. The lowest BCUT2D eigenvalue weighted by atomic mass is 10.1. The molecule has 23 heavy (non-hydrogen) atoms. The van der Waals surface area contributed by atoms with Crippen LogP contribution in [0.1, 0.15) is 25.9 Å². The highest BCUT2D eigenvalue weighted by Crippen LogP contribution is 2.31. The summed E-state index contributed by atoms with van der Waals surface area (Å²) in [6.45, 7) is 4.23. The predicted octanol–water partition coefficient (Wildman–Crippen LogP) is 4.60. The van der Waals surface area contributed by atoms with Gasteiger partial charge in [0.15, 0.2) is 0 Å². The van der Waals surface area contributed by atoms with Gasteiger partial charge in [-0.15, -0.1) is 11.3 Å². The van der Waals surface area contributed by atoms with Gasteiger partial charge < -0.3 is 9.84 Å². The van der Waals surface area contributed by atoms with Crippen molar-refractivity contribution in [3.63, 3.8) is 0 Å². The first-order valence-corrected chi connectivity index (χ1v) is 8.30. The van der Waals surface area contributed by atoms with Gasteiger partial charge in [0.05, 0.1) is 11.6 Å². The molecule has 0 saturated heterocycles. The van der Waals surface area contributed by atoms with Gasteiger partial charge >= 0.3 is 0 Å². The summed E-state index contributed by atoms with van der Waals surface area (Å²) in [4.78, 5) is 14.9. The van der Waals surface area contributed by atoms with Crippen LogP contribution in [0.5, 0.6) is 0 Å². The number of hydrogen-bond acceptors (Lipinski definition) is 4. The minimum Gasteiger partial charge on any atom is -0.360 e. The van der Waals surface area contributed by atoms with Gasteiger partial charge in [0.1, 0.15) is 17.0 Å². The zero-order valence-electron chi connectivity index (χ0n) is 12.7. The van der Waals surface area contributed by atoms with Gasteiger partial charge in [-0.25, -0.2) is 0 Å². The number of carbonyl (C=O) groups is 1. The molecule has 2 heterocycles. The van der Waals surface area contributed by atoms with E-state index in [9.17, 15) is 4.79 Å². The standard InChI is InChI=1S/C17H15ClN2O2S/c1-10-7-8-12(23-10)9-19-17(21)15-11(2)22-20-16(15)13-5-3-4-6-14(13)18/h3-8H,9H2,1-2H3,(H,19,21). The zero-order chi connectivity index (χ0) is 16.4. The third-order valence-electron chi connectivity index (χ3n) is 3.44. The summed E-state index contributed by atoms with van der Waals surface area (Å²) < 4.78 is 5.22. The maximum atomic E-state index is 12.6. The number of amides is 1. The van der Waals surface area contributed by atoms with E-state index in [-0.39, 0.29) is 5.91 Å². The molecule has 0 radical (unpaired) electrons. The molecule has 0 fully saturated rings. The molecule has 0 aliphatic heterocycles. The summed E-state index contributed by atoms with van der Waals surface area (Å²) in [7, 11) is 0. The number of rotatable bonds is 4. The summed E-state index contributed by atoms with van der Waals surface area (Å²) in [5.41, 5.74) is 1.57. The van der Waals surface area contributed by atoms with Crippen LogP contribution in [0, 0.1) is 13.8 Å². The van der Waals surface area contributed by atoms with E-state index in [4.69, 9.17) is 16.1 Å². The SMILES string of the molecule is Cc1ccc(CNC(=O)c2c(-c3ccccc3Cl)noc2C)s1. The van der Waals surface area contributed by atoms with E-state index in [1.54, 1.807) is 24.3 Å². The molecule has 3 rings (SSSR count). The number of benzene rings is 1. The molecule has 3 aromatic rings. The van der Waals surface area contributed by atoms with E-state index in [1.165, 1.54) is 4.88 Å². The number of hydrogen-bond donors (Lipinski definition) is 1. The fraction of sp³-hybridized carbons (Fsp3) is 0.176. The molecule has 0 aliphatic carbocycles. The molecule has 4 nitrogen and oxygen atoms in total. The summed E-state index contributed by atoms with van der Waals surface area (Å²) in [6, 6.07) is 11.3. The summed E-state index contributed by atoms with van der Waals surface area (Å²) in [5.74, 6) is 0.254. The number of carbonyl (C=O) groups excluding carboxylic acids is 1. The maximum Gasteiger partial charge on any atom is 0.257 e. The van der Waals surface area contributed by atoms with E-state index < -0.39 is 0 Å². The molecule has 1 N–H and O–H groups in total.